The van der Waals surface area contributed by atoms with Crippen molar-refractivity contribution >= 4 is 11.9 Å². The second kappa shape index (κ2) is 12.1. The monoisotopic (exact) mass is 446 g/mol. The zero-order valence-corrected chi connectivity index (χ0v) is 18.9. The van der Waals surface area contributed by atoms with Gasteiger partial charge in [-0.15, -0.1) is 0 Å². The van der Waals surface area contributed by atoms with Crippen LogP contribution in [0.25, 0.3) is 0 Å². The molecule has 0 spiro atoms. The van der Waals surface area contributed by atoms with Crippen LogP contribution >= 0.6 is 0 Å². The van der Waals surface area contributed by atoms with Gasteiger partial charge in [-0.25, -0.2) is 9.59 Å². The van der Waals surface area contributed by atoms with Crippen LogP contribution in [-0.2, 0) is 29.1 Å². The number of carbonyl (C=O) groups excluding carboxylic acids is 2. The highest BCUT2D eigenvalue weighted by Crippen LogP contribution is 2.25. The molecule has 32 heavy (non-hydrogen) atoms. The van der Waals surface area contributed by atoms with E-state index in [1.807, 2.05) is 12.1 Å². The van der Waals surface area contributed by atoms with Gasteiger partial charge >= 0.3 is 11.9 Å². The van der Waals surface area contributed by atoms with Gasteiger partial charge in [-0.2, -0.15) is 9.78 Å². The molecule has 0 atom stereocenters. The topological polar surface area (TPSA) is 89.5 Å². The third kappa shape index (κ3) is 10.3. The molecule has 2 aromatic carbocycles. The summed E-state index contributed by atoms with van der Waals surface area (Å²) in [6, 6.07) is 17.9. The van der Waals surface area contributed by atoms with Crippen molar-refractivity contribution in [2.45, 2.75) is 51.7 Å². The lowest BCUT2D eigenvalue weighted by molar-refractivity contribution is -0.341. The molecule has 0 heterocycles. The van der Waals surface area contributed by atoms with E-state index in [0.29, 0.717) is 24.3 Å². The normalized spacial score (nSPS) is 11.5. The van der Waals surface area contributed by atoms with Crippen LogP contribution in [0.3, 0.4) is 0 Å². The molecule has 0 aliphatic rings. The molecule has 2 aromatic rings. The molecule has 0 aliphatic heterocycles. The molecule has 0 saturated heterocycles. The summed E-state index contributed by atoms with van der Waals surface area (Å²) in [7, 11) is 0. The number of rotatable bonds is 13. The first-order valence-corrected chi connectivity index (χ1v) is 10.3. The van der Waals surface area contributed by atoms with Crippen molar-refractivity contribution in [3.8, 4) is 11.5 Å². The van der Waals surface area contributed by atoms with E-state index in [0.717, 1.165) is 0 Å². The van der Waals surface area contributed by atoms with Crippen molar-refractivity contribution in [3.63, 3.8) is 0 Å². The van der Waals surface area contributed by atoms with Crippen molar-refractivity contribution < 1.29 is 38.6 Å². The minimum Gasteiger partial charge on any atom is -0.482 e. The van der Waals surface area contributed by atoms with Gasteiger partial charge in [0.2, 0.25) is 0 Å². The lowest BCUT2D eigenvalue weighted by atomic mass is 9.94. The van der Waals surface area contributed by atoms with E-state index in [-0.39, 0.29) is 13.2 Å². The Morgan fingerprint density at radius 2 is 0.969 bits per heavy atom. The molecule has 0 fully saturated rings. The van der Waals surface area contributed by atoms with Gasteiger partial charge < -0.3 is 9.47 Å². The van der Waals surface area contributed by atoms with Crippen LogP contribution in [0.4, 0.5) is 0 Å². The largest absolute Gasteiger partial charge is 0.482 e. The number of carbonyl (C=O) groups is 2. The SMILES string of the molecule is CC(C)(CCC(C)(C)OOC(=O)COc1ccccc1)OOC(=O)COc1ccccc1. The highest BCUT2D eigenvalue weighted by atomic mass is 17.2. The zero-order valence-electron chi connectivity index (χ0n) is 18.9. The Balaban J connectivity index is 1.64. The first kappa shape index (κ1) is 25.2. The summed E-state index contributed by atoms with van der Waals surface area (Å²) in [5, 5.41) is 0. The van der Waals surface area contributed by atoms with Crippen molar-refractivity contribution in [1.29, 1.82) is 0 Å². The van der Waals surface area contributed by atoms with E-state index in [2.05, 4.69) is 0 Å². The average Bonchev–Trinajstić information content (AvgIpc) is 2.79. The highest BCUT2D eigenvalue weighted by molar-refractivity contribution is 5.70. The molecule has 0 N–H and O–H groups in total. The van der Waals surface area contributed by atoms with Gasteiger partial charge in [0, 0.05) is 0 Å². The number of hydrogen-bond donors (Lipinski definition) is 0. The lowest BCUT2D eigenvalue weighted by Crippen LogP contribution is -2.33. The third-order valence-corrected chi connectivity index (χ3v) is 4.25. The fraction of sp³-hybridized carbons (Fsp3) is 0.417. The smallest absolute Gasteiger partial charge is 0.379 e. The quantitative estimate of drug-likeness (QED) is 0.330. The van der Waals surface area contributed by atoms with Crippen molar-refractivity contribution in [3.05, 3.63) is 60.7 Å². The van der Waals surface area contributed by atoms with E-state index < -0.39 is 23.1 Å². The Hall–Kier alpha value is -3.10. The van der Waals surface area contributed by atoms with Gasteiger partial charge in [0.05, 0.1) is 0 Å². The summed E-state index contributed by atoms with van der Waals surface area (Å²) in [6.07, 6.45) is 0.926. The van der Waals surface area contributed by atoms with Crippen molar-refractivity contribution in [1.82, 2.24) is 0 Å². The van der Waals surface area contributed by atoms with Gasteiger partial charge in [-0.1, -0.05) is 36.4 Å². The van der Waals surface area contributed by atoms with E-state index in [4.69, 9.17) is 29.0 Å². The Kier molecular flexibility index (Phi) is 9.49. The molecule has 2 rings (SSSR count). The second-order valence-corrected chi connectivity index (χ2v) is 8.30. The first-order valence-electron chi connectivity index (χ1n) is 10.3. The van der Waals surface area contributed by atoms with Crippen LogP contribution in [0.5, 0.6) is 11.5 Å². The number of hydrogen-bond acceptors (Lipinski definition) is 8. The minimum atomic E-state index is -0.788. The number of para-hydroxylation sites is 2. The maximum absolute atomic E-state index is 11.8. The maximum Gasteiger partial charge on any atom is 0.379 e. The second-order valence-electron chi connectivity index (χ2n) is 8.30. The molecule has 0 bridgehead atoms. The lowest BCUT2D eigenvalue weighted by Gasteiger charge is -2.28. The fourth-order valence-corrected chi connectivity index (χ4v) is 2.37. The zero-order chi connectivity index (χ0) is 23.5. The van der Waals surface area contributed by atoms with Gasteiger partial charge in [-0.05, 0) is 64.8 Å². The number of ether oxygens (including phenoxy) is 2. The summed E-state index contributed by atoms with van der Waals surface area (Å²) in [5.41, 5.74) is -1.58. The van der Waals surface area contributed by atoms with Crippen LogP contribution in [-0.4, -0.2) is 36.4 Å². The maximum atomic E-state index is 11.8. The molecule has 8 nitrogen and oxygen atoms in total. The molecular weight excluding hydrogens is 416 g/mol. The summed E-state index contributed by atoms with van der Waals surface area (Å²) in [4.78, 5) is 43.9. The first-order chi connectivity index (χ1) is 15.2. The Morgan fingerprint density at radius 3 is 1.31 bits per heavy atom. The Bertz CT molecular complexity index is 762. The standard InChI is InChI=1S/C24H30O8/c1-23(2,31-29-21(25)17-27-19-11-7-5-8-12-19)15-16-24(3,4)32-30-22(26)18-28-20-13-9-6-10-14-20/h5-14H,15-18H2,1-4H3. The van der Waals surface area contributed by atoms with Crippen LogP contribution in [0, 0.1) is 0 Å². The molecular formula is C24H30O8. The molecule has 0 aliphatic carbocycles. The van der Waals surface area contributed by atoms with Crippen LogP contribution < -0.4 is 9.47 Å². The van der Waals surface area contributed by atoms with E-state index in [9.17, 15) is 9.59 Å². The summed E-state index contributed by atoms with van der Waals surface area (Å²) < 4.78 is 10.6. The van der Waals surface area contributed by atoms with E-state index >= 15 is 0 Å². The number of benzene rings is 2. The fourth-order valence-electron chi connectivity index (χ4n) is 2.37. The van der Waals surface area contributed by atoms with Gasteiger partial charge in [0.1, 0.15) is 22.7 Å². The molecule has 8 heteroatoms. The van der Waals surface area contributed by atoms with Crippen molar-refractivity contribution in [2.75, 3.05) is 13.2 Å². The minimum absolute atomic E-state index is 0.268. The highest BCUT2D eigenvalue weighted by Gasteiger charge is 2.29. The van der Waals surface area contributed by atoms with Gasteiger partial charge in [-0.3, -0.25) is 9.78 Å². The third-order valence-electron chi connectivity index (χ3n) is 4.25. The van der Waals surface area contributed by atoms with Gasteiger partial charge in [0.15, 0.2) is 13.2 Å². The van der Waals surface area contributed by atoms with E-state index in [1.54, 1.807) is 76.2 Å². The summed E-state index contributed by atoms with van der Waals surface area (Å²) >= 11 is 0. The molecule has 0 unspecified atom stereocenters. The summed E-state index contributed by atoms with van der Waals surface area (Å²) in [6.45, 7) is 6.55. The van der Waals surface area contributed by atoms with Gasteiger partial charge in [0.25, 0.3) is 0 Å². The Morgan fingerprint density at radius 1 is 0.625 bits per heavy atom. The van der Waals surface area contributed by atoms with Crippen LogP contribution in [0.1, 0.15) is 40.5 Å². The predicted octanol–water partition coefficient (Wildman–Crippen LogP) is 4.43. The van der Waals surface area contributed by atoms with Crippen molar-refractivity contribution in [2.24, 2.45) is 0 Å². The molecule has 0 aromatic heterocycles. The molecule has 174 valence electrons. The predicted molar refractivity (Wildman–Crippen MR) is 116 cm³/mol. The van der Waals surface area contributed by atoms with Crippen LogP contribution in [0.2, 0.25) is 0 Å². The molecule has 0 saturated carbocycles. The van der Waals surface area contributed by atoms with E-state index in [1.165, 1.54) is 0 Å². The average molecular weight is 446 g/mol. The molecule has 0 amide bonds. The molecule has 0 radical (unpaired) electrons. The van der Waals surface area contributed by atoms with Crippen LogP contribution in [0.15, 0.2) is 60.7 Å². The Labute approximate surface area is 188 Å². The summed E-state index contributed by atoms with van der Waals surface area (Å²) in [5.74, 6) is -0.174.